The van der Waals surface area contributed by atoms with Gasteiger partial charge in [0.25, 0.3) is 0 Å². The first-order chi connectivity index (χ1) is 5.63. The van der Waals surface area contributed by atoms with Gasteiger partial charge in [-0.1, -0.05) is 27.7 Å². The van der Waals surface area contributed by atoms with Crippen LogP contribution in [0.4, 0.5) is 0 Å². The fraction of sp³-hybridized carbons (Fsp3) is 1.00. The predicted octanol–water partition coefficient (Wildman–Crippen LogP) is 1.58. The molecule has 0 spiro atoms. The van der Waals surface area contributed by atoms with Crippen molar-refractivity contribution in [1.29, 1.82) is 0 Å². The van der Waals surface area contributed by atoms with Crippen molar-refractivity contribution in [2.24, 2.45) is 5.92 Å². The summed E-state index contributed by atoms with van der Waals surface area (Å²) in [7, 11) is 1.83. The lowest BCUT2D eigenvalue weighted by molar-refractivity contribution is 0.274. The van der Waals surface area contributed by atoms with E-state index in [9.17, 15) is 4.21 Å². The Bertz CT molecular complexity index is 150. The molecular formula is C8H19NO2S. The molecule has 4 heteroatoms. The van der Waals surface area contributed by atoms with E-state index in [2.05, 4.69) is 13.8 Å². The average molecular weight is 193 g/mol. The van der Waals surface area contributed by atoms with E-state index in [0.717, 1.165) is 0 Å². The molecule has 12 heavy (non-hydrogen) atoms. The first kappa shape index (κ1) is 12.1. The van der Waals surface area contributed by atoms with E-state index in [1.807, 2.05) is 20.9 Å². The first-order valence-electron chi connectivity index (χ1n) is 4.41. The van der Waals surface area contributed by atoms with E-state index in [1.54, 1.807) is 4.31 Å². The Balaban J connectivity index is 0.000000561. The van der Waals surface area contributed by atoms with Crippen LogP contribution in [0, 0.1) is 5.92 Å². The van der Waals surface area contributed by atoms with Crippen molar-refractivity contribution in [2.45, 2.75) is 33.7 Å². The Morgan fingerprint density at radius 1 is 1.50 bits per heavy atom. The van der Waals surface area contributed by atoms with Crippen LogP contribution < -0.4 is 0 Å². The Labute approximate surface area is 77.9 Å². The van der Waals surface area contributed by atoms with Crippen molar-refractivity contribution in [3.8, 4) is 0 Å². The molecule has 0 N–H and O–H groups in total. The monoisotopic (exact) mass is 193 g/mol. The largest absolute Gasteiger partial charge is 0.276 e. The van der Waals surface area contributed by atoms with E-state index in [4.69, 9.17) is 4.18 Å². The van der Waals surface area contributed by atoms with Gasteiger partial charge >= 0.3 is 0 Å². The molecule has 0 saturated carbocycles. The molecule has 0 radical (unpaired) electrons. The van der Waals surface area contributed by atoms with Crippen molar-refractivity contribution in [2.75, 3.05) is 13.7 Å². The van der Waals surface area contributed by atoms with E-state index in [0.29, 0.717) is 18.6 Å². The fourth-order valence-corrected chi connectivity index (χ4v) is 1.99. The lowest BCUT2D eigenvalue weighted by atomic mass is 10.1. The molecule has 0 aliphatic carbocycles. The maximum Gasteiger partial charge on any atom is 0.237 e. The highest BCUT2D eigenvalue weighted by molar-refractivity contribution is 7.77. The summed E-state index contributed by atoms with van der Waals surface area (Å²) in [6, 6.07) is 0.320. The standard InChI is InChI=1S/C6H13NO2S.C2H6/c1-5(2)6-4-9-10(8)7(6)3;1-2/h5-6H,4H2,1-3H3;1-2H3. The van der Waals surface area contributed by atoms with Crippen LogP contribution in [-0.4, -0.2) is 28.2 Å². The molecule has 1 fully saturated rings. The van der Waals surface area contributed by atoms with Gasteiger partial charge in [0.15, 0.2) is 0 Å². The van der Waals surface area contributed by atoms with Gasteiger partial charge in [0.2, 0.25) is 11.3 Å². The molecule has 74 valence electrons. The first-order valence-corrected chi connectivity index (χ1v) is 5.44. The van der Waals surface area contributed by atoms with Crippen LogP contribution in [0.2, 0.25) is 0 Å². The van der Waals surface area contributed by atoms with Crippen LogP contribution in [0.5, 0.6) is 0 Å². The summed E-state index contributed by atoms with van der Waals surface area (Å²) in [5.41, 5.74) is 0. The van der Waals surface area contributed by atoms with Gasteiger partial charge in [-0.3, -0.25) is 4.18 Å². The molecule has 0 bridgehead atoms. The summed E-state index contributed by atoms with van der Waals surface area (Å²) >= 11 is -1.18. The lowest BCUT2D eigenvalue weighted by Crippen LogP contribution is -2.31. The summed E-state index contributed by atoms with van der Waals surface area (Å²) in [5, 5.41) is 0. The predicted molar refractivity (Wildman–Crippen MR) is 51.8 cm³/mol. The van der Waals surface area contributed by atoms with Crippen molar-refractivity contribution in [1.82, 2.24) is 4.31 Å². The Hall–Kier alpha value is 0.0700. The lowest BCUT2D eigenvalue weighted by Gasteiger charge is -2.17. The van der Waals surface area contributed by atoms with Gasteiger partial charge in [-0.15, -0.1) is 0 Å². The molecule has 0 aromatic heterocycles. The van der Waals surface area contributed by atoms with Gasteiger partial charge in [-0.05, 0) is 5.92 Å². The summed E-state index contributed by atoms with van der Waals surface area (Å²) in [6.45, 7) is 8.81. The normalized spacial score (nSPS) is 30.2. The van der Waals surface area contributed by atoms with E-state index in [1.165, 1.54) is 0 Å². The Morgan fingerprint density at radius 3 is 2.17 bits per heavy atom. The van der Waals surface area contributed by atoms with E-state index < -0.39 is 11.3 Å². The van der Waals surface area contributed by atoms with Gasteiger partial charge in [0.1, 0.15) is 0 Å². The van der Waals surface area contributed by atoms with Crippen LogP contribution in [-0.2, 0) is 15.4 Å². The highest BCUT2D eigenvalue weighted by Crippen LogP contribution is 2.18. The zero-order valence-electron chi connectivity index (χ0n) is 8.53. The SMILES string of the molecule is CC.CC(C)C1COS(=O)N1C. The zero-order chi connectivity index (χ0) is 9.72. The summed E-state index contributed by atoms with van der Waals surface area (Å²) < 4.78 is 17.6. The minimum atomic E-state index is -1.18. The smallest absolute Gasteiger partial charge is 0.237 e. The molecule has 1 rings (SSSR count). The molecule has 1 aliphatic heterocycles. The second-order valence-corrected chi connectivity index (χ2v) is 4.11. The van der Waals surface area contributed by atoms with Crippen molar-refractivity contribution in [3.63, 3.8) is 0 Å². The number of hydrogen-bond donors (Lipinski definition) is 0. The minimum Gasteiger partial charge on any atom is -0.276 e. The Morgan fingerprint density at radius 2 is 2.00 bits per heavy atom. The number of likely N-dealkylation sites (N-methyl/N-ethyl adjacent to an activating group) is 1. The van der Waals surface area contributed by atoms with Crippen molar-refractivity contribution in [3.05, 3.63) is 0 Å². The molecule has 2 unspecified atom stereocenters. The number of nitrogens with zero attached hydrogens (tertiary/aromatic N) is 1. The highest BCUT2D eigenvalue weighted by atomic mass is 32.2. The van der Waals surface area contributed by atoms with Crippen LogP contribution in [0.25, 0.3) is 0 Å². The minimum absolute atomic E-state index is 0.320. The number of rotatable bonds is 1. The van der Waals surface area contributed by atoms with Crippen LogP contribution in [0.1, 0.15) is 27.7 Å². The fourth-order valence-electron chi connectivity index (χ4n) is 1.04. The molecule has 1 heterocycles. The second kappa shape index (κ2) is 5.67. The molecular weight excluding hydrogens is 174 g/mol. The third kappa shape index (κ3) is 2.84. The third-order valence-corrected chi connectivity index (χ3v) is 2.89. The molecule has 3 nitrogen and oxygen atoms in total. The Kier molecular flexibility index (Phi) is 5.70. The average Bonchev–Trinajstić information content (AvgIpc) is 2.37. The van der Waals surface area contributed by atoms with Gasteiger partial charge in [0, 0.05) is 7.05 Å². The second-order valence-electron chi connectivity index (χ2n) is 2.86. The van der Waals surface area contributed by atoms with Crippen LogP contribution in [0.3, 0.4) is 0 Å². The number of hydrogen-bond acceptors (Lipinski definition) is 2. The van der Waals surface area contributed by atoms with E-state index >= 15 is 0 Å². The quantitative estimate of drug-likeness (QED) is 0.633. The van der Waals surface area contributed by atoms with E-state index in [-0.39, 0.29) is 0 Å². The van der Waals surface area contributed by atoms with Crippen molar-refractivity contribution < 1.29 is 8.39 Å². The topological polar surface area (TPSA) is 29.5 Å². The summed E-state index contributed by atoms with van der Waals surface area (Å²) in [4.78, 5) is 0. The molecule has 0 aromatic rings. The van der Waals surface area contributed by atoms with Crippen LogP contribution in [0.15, 0.2) is 0 Å². The molecule has 1 saturated heterocycles. The zero-order valence-corrected chi connectivity index (χ0v) is 9.35. The maximum atomic E-state index is 10.9. The third-order valence-electron chi connectivity index (χ3n) is 1.81. The molecule has 2 atom stereocenters. The van der Waals surface area contributed by atoms with Crippen LogP contribution >= 0.6 is 0 Å². The summed E-state index contributed by atoms with van der Waals surface area (Å²) in [6.07, 6.45) is 0. The highest BCUT2D eigenvalue weighted by Gasteiger charge is 2.30. The van der Waals surface area contributed by atoms with Crippen molar-refractivity contribution >= 4 is 11.3 Å². The summed E-state index contributed by atoms with van der Waals surface area (Å²) in [5.74, 6) is 0.511. The van der Waals surface area contributed by atoms with Gasteiger partial charge < -0.3 is 0 Å². The molecule has 0 amide bonds. The maximum absolute atomic E-state index is 10.9. The molecule has 1 aliphatic rings. The molecule has 0 aromatic carbocycles. The van der Waals surface area contributed by atoms with Gasteiger partial charge in [-0.2, -0.15) is 4.31 Å². The van der Waals surface area contributed by atoms with Gasteiger partial charge in [0.05, 0.1) is 12.6 Å². The van der Waals surface area contributed by atoms with Gasteiger partial charge in [-0.25, -0.2) is 4.21 Å².